The van der Waals surface area contributed by atoms with Crippen LogP contribution in [0, 0.1) is 5.92 Å². The Morgan fingerprint density at radius 3 is 2.52 bits per heavy atom. The molecule has 0 bridgehead atoms. The topological polar surface area (TPSA) is 93.5 Å². The number of benzene rings is 1. The van der Waals surface area contributed by atoms with Crippen molar-refractivity contribution in [2.24, 2.45) is 11.7 Å². The second kappa shape index (κ2) is 9.63. The first kappa shape index (κ1) is 21.3. The van der Waals surface area contributed by atoms with E-state index in [1.807, 2.05) is 31.2 Å². The van der Waals surface area contributed by atoms with E-state index in [0.29, 0.717) is 6.54 Å². The summed E-state index contributed by atoms with van der Waals surface area (Å²) in [6.45, 7) is 2.30. The van der Waals surface area contributed by atoms with Crippen LogP contribution in [-0.4, -0.2) is 31.0 Å². The second-order valence-corrected chi connectivity index (χ2v) is 6.65. The maximum Gasteiger partial charge on any atom is 0.239 e. The molecule has 140 valence electrons. The zero-order valence-corrected chi connectivity index (χ0v) is 15.7. The number of nitrogens with one attached hydrogen (secondary N) is 2. The number of carbonyl (C=O) groups is 2. The molecule has 7 heteroatoms. The number of ether oxygens (including phenoxy) is 1. The van der Waals surface area contributed by atoms with Gasteiger partial charge in [0, 0.05) is 12.1 Å². The van der Waals surface area contributed by atoms with Gasteiger partial charge in [-0.15, -0.1) is 12.4 Å². The molecule has 1 saturated carbocycles. The van der Waals surface area contributed by atoms with E-state index >= 15 is 0 Å². The summed E-state index contributed by atoms with van der Waals surface area (Å²) in [7, 11) is 1.61. The molecule has 0 radical (unpaired) electrons. The Balaban J connectivity index is 0.00000312. The average molecular weight is 370 g/mol. The molecule has 0 heterocycles. The van der Waals surface area contributed by atoms with E-state index in [-0.39, 0.29) is 36.7 Å². The fourth-order valence-corrected chi connectivity index (χ4v) is 3.09. The van der Waals surface area contributed by atoms with Crippen LogP contribution >= 0.6 is 12.4 Å². The van der Waals surface area contributed by atoms with E-state index in [4.69, 9.17) is 10.5 Å². The standard InChI is InChI=1S/C18H27N3O3.ClH/c1-18(19)10-4-3-5-15(18)17(23)21-12-16(22)20-11-13-6-8-14(24-2)9-7-13;/h6-9,15H,3-5,10-12,19H2,1-2H3,(H,20,22)(H,21,23);1H. The molecule has 2 rings (SSSR count). The van der Waals surface area contributed by atoms with Crippen molar-refractivity contribution in [3.63, 3.8) is 0 Å². The third-order valence-corrected chi connectivity index (χ3v) is 4.64. The van der Waals surface area contributed by atoms with Gasteiger partial charge in [-0.3, -0.25) is 9.59 Å². The molecule has 2 amide bonds. The summed E-state index contributed by atoms with van der Waals surface area (Å²) in [6.07, 6.45) is 3.69. The van der Waals surface area contributed by atoms with Gasteiger partial charge in [-0.1, -0.05) is 25.0 Å². The zero-order chi connectivity index (χ0) is 17.6. The Morgan fingerprint density at radius 2 is 1.92 bits per heavy atom. The van der Waals surface area contributed by atoms with Crippen molar-refractivity contribution in [1.82, 2.24) is 10.6 Å². The van der Waals surface area contributed by atoms with Gasteiger partial charge in [0.2, 0.25) is 11.8 Å². The molecule has 1 fully saturated rings. The van der Waals surface area contributed by atoms with Gasteiger partial charge in [0.05, 0.1) is 19.6 Å². The van der Waals surface area contributed by atoms with E-state index < -0.39 is 5.54 Å². The van der Waals surface area contributed by atoms with Crippen LogP contribution in [0.4, 0.5) is 0 Å². The van der Waals surface area contributed by atoms with Gasteiger partial charge in [-0.2, -0.15) is 0 Å². The first-order chi connectivity index (χ1) is 11.4. The average Bonchev–Trinajstić information content (AvgIpc) is 2.58. The van der Waals surface area contributed by atoms with E-state index in [1.165, 1.54) is 0 Å². The highest BCUT2D eigenvalue weighted by Crippen LogP contribution is 2.31. The number of carbonyl (C=O) groups excluding carboxylic acids is 2. The molecule has 4 N–H and O–H groups in total. The van der Waals surface area contributed by atoms with Gasteiger partial charge < -0.3 is 21.1 Å². The number of hydrogen-bond donors (Lipinski definition) is 3. The lowest BCUT2D eigenvalue weighted by Crippen LogP contribution is -2.53. The molecule has 0 aromatic heterocycles. The molecule has 0 aliphatic heterocycles. The molecule has 1 aliphatic rings. The van der Waals surface area contributed by atoms with Crippen LogP contribution in [0.25, 0.3) is 0 Å². The lowest BCUT2D eigenvalue weighted by atomic mass is 9.74. The highest BCUT2D eigenvalue weighted by molar-refractivity contribution is 5.86. The Morgan fingerprint density at radius 1 is 1.24 bits per heavy atom. The molecule has 1 aromatic carbocycles. The van der Waals surface area contributed by atoms with Gasteiger partial charge in [0.15, 0.2) is 0 Å². The minimum atomic E-state index is -0.484. The lowest BCUT2D eigenvalue weighted by molar-refractivity contribution is -0.131. The van der Waals surface area contributed by atoms with E-state index in [1.54, 1.807) is 7.11 Å². The van der Waals surface area contributed by atoms with Crippen molar-refractivity contribution in [3.05, 3.63) is 29.8 Å². The summed E-state index contributed by atoms with van der Waals surface area (Å²) in [5, 5.41) is 5.50. The number of amides is 2. The SMILES string of the molecule is COc1ccc(CNC(=O)CNC(=O)C2CCCCC2(C)N)cc1.Cl. The van der Waals surface area contributed by atoms with Gasteiger partial charge in [0.25, 0.3) is 0 Å². The maximum atomic E-state index is 12.3. The fraction of sp³-hybridized carbons (Fsp3) is 0.556. The summed E-state index contributed by atoms with van der Waals surface area (Å²) < 4.78 is 5.09. The largest absolute Gasteiger partial charge is 0.497 e. The summed E-state index contributed by atoms with van der Waals surface area (Å²) in [5.41, 5.74) is 6.70. The molecule has 6 nitrogen and oxygen atoms in total. The molecule has 1 aliphatic carbocycles. The van der Waals surface area contributed by atoms with E-state index in [2.05, 4.69) is 10.6 Å². The number of methoxy groups -OCH3 is 1. The highest BCUT2D eigenvalue weighted by Gasteiger charge is 2.37. The van der Waals surface area contributed by atoms with E-state index in [9.17, 15) is 9.59 Å². The molecule has 0 spiro atoms. The molecule has 0 saturated heterocycles. The van der Waals surface area contributed by atoms with Crippen LogP contribution in [0.3, 0.4) is 0 Å². The molecule has 25 heavy (non-hydrogen) atoms. The van der Waals surface area contributed by atoms with Gasteiger partial charge >= 0.3 is 0 Å². The number of nitrogens with two attached hydrogens (primary N) is 1. The summed E-state index contributed by atoms with van der Waals surface area (Å²) in [4.78, 5) is 24.2. The van der Waals surface area contributed by atoms with Crippen molar-refractivity contribution >= 4 is 24.2 Å². The van der Waals surface area contributed by atoms with Crippen molar-refractivity contribution in [2.45, 2.75) is 44.7 Å². The minimum absolute atomic E-state index is 0. The Labute approximate surface area is 155 Å². The normalized spacial score (nSPS) is 22.4. The third-order valence-electron chi connectivity index (χ3n) is 4.64. The summed E-state index contributed by atoms with van der Waals surface area (Å²) in [6, 6.07) is 7.46. The van der Waals surface area contributed by atoms with Gasteiger partial charge in [-0.25, -0.2) is 0 Å². The molecular formula is C18H28ClN3O3. The van der Waals surface area contributed by atoms with Crippen molar-refractivity contribution in [3.8, 4) is 5.75 Å². The van der Waals surface area contributed by atoms with Crippen LogP contribution in [0.15, 0.2) is 24.3 Å². The number of rotatable bonds is 6. The Hall–Kier alpha value is -1.79. The Bertz CT molecular complexity index is 575. The maximum absolute atomic E-state index is 12.3. The van der Waals surface area contributed by atoms with Crippen LogP contribution in [0.5, 0.6) is 5.75 Å². The monoisotopic (exact) mass is 369 g/mol. The van der Waals surface area contributed by atoms with Crippen molar-refractivity contribution in [2.75, 3.05) is 13.7 Å². The molecule has 1 aromatic rings. The van der Waals surface area contributed by atoms with E-state index in [0.717, 1.165) is 37.0 Å². The van der Waals surface area contributed by atoms with Crippen LogP contribution in [0.1, 0.15) is 38.2 Å². The molecule has 2 unspecified atom stereocenters. The molecular weight excluding hydrogens is 342 g/mol. The fourth-order valence-electron chi connectivity index (χ4n) is 3.09. The summed E-state index contributed by atoms with van der Waals surface area (Å²) in [5.74, 6) is 0.211. The predicted molar refractivity (Wildman–Crippen MR) is 99.6 cm³/mol. The zero-order valence-electron chi connectivity index (χ0n) is 14.8. The van der Waals surface area contributed by atoms with Crippen molar-refractivity contribution < 1.29 is 14.3 Å². The first-order valence-corrected chi connectivity index (χ1v) is 8.38. The number of hydrogen-bond acceptors (Lipinski definition) is 4. The highest BCUT2D eigenvalue weighted by atomic mass is 35.5. The predicted octanol–water partition coefficient (Wildman–Crippen LogP) is 1.76. The second-order valence-electron chi connectivity index (χ2n) is 6.65. The summed E-state index contributed by atoms with van der Waals surface area (Å²) >= 11 is 0. The van der Waals surface area contributed by atoms with Crippen LogP contribution in [0.2, 0.25) is 0 Å². The lowest BCUT2D eigenvalue weighted by Gasteiger charge is -2.37. The van der Waals surface area contributed by atoms with Crippen molar-refractivity contribution in [1.29, 1.82) is 0 Å². The quantitative estimate of drug-likeness (QED) is 0.712. The third kappa shape index (κ3) is 6.21. The molecule has 2 atom stereocenters. The first-order valence-electron chi connectivity index (χ1n) is 8.38. The number of halogens is 1. The van der Waals surface area contributed by atoms with Crippen LogP contribution in [-0.2, 0) is 16.1 Å². The minimum Gasteiger partial charge on any atom is -0.497 e. The van der Waals surface area contributed by atoms with Gasteiger partial charge in [-0.05, 0) is 37.5 Å². The Kier molecular flexibility index (Phi) is 8.19. The van der Waals surface area contributed by atoms with Gasteiger partial charge in [0.1, 0.15) is 5.75 Å². The van der Waals surface area contributed by atoms with Crippen LogP contribution < -0.4 is 21.1 Å². The smallest absolute Gasteiger partial charge is 0.239 e.